The third kappa shape index (κ3) is 6.31. The van der Waals surface area contributed by atoms with Gasteiger partial charge in [0.15, 0.2) is 0 Å². The fourth-order valence-electron chi connectivity index (χ4n) is 1.97. The molecular formula is C15H21N3O6. The summed E-state index contributed by atoms with van der Waals surface area (Å²) in [6, 6.07) is 4.44. The van der Waals surface area contributed by atoms with Gasteiger partial charge in [0.1, 0.15) is 0 Å². The van der Waals surface area contributed by atoms with Crippen molar-refractivity contribution >= 4 is 23.3 Å². The molecule has 0 aliphatic carbocycles. The van der Waals surface area contributed by atoms with Crippen LogP contribution in [-0.4, -0.2) is 62.2 Å². The van der Waals surface area contributed by atoms with Crippen LogP contribution in [0.3, 0.4) is 0 Å². The maximum atomic E-state index is 12.1. The molecule has 1 aromatic carbocycles. The van der Waals surface area contributed by atoms with Gasteiger partial charge in [-0.1, -0.05) is 6.07 Å². The molecule has 0 radical (unpaired) electrons. The van der Waals surface area contributed by atoms with E-state index in [9.17, 15) is 19.7 Å². The van der Waals surface area contributed by atoms with E-state index in [1.165, 1.54) is 20.3 Å². The number of hydrogen-bond acceptors (Lipinski definition) is 7. The van der Waals surface area contributed by atoms with Crippen LogP contribution in [0, 0.1) is 17.0 Å². The monoisotopic (exact) mass is 339 g/mol. The molecule has 1 N–H and O–H groups in total. The van der Waals surface area contributed by atoms with E-state index < -0.39 is 16.8 Å². The predicted octanol–water partition coefficient (Wildman–Crippen LogP) is 0.963. The van der Waals surface area contributed by atoms with E-state index in [2.05, 4.69) is 10.1 Å². The molecule has 9 heteroatoms. The topological polar surface area (TPSA) is 111 Å². The highest BCUT2D eigenvalue weighted by atomic mass is 16.6. The molecule has 1 rings (SSSR count). The van der Waals surface area contributed by atoms with E-state index in [4.69, 9.17) is 4.74 Å². The highest BCUT2D eigenvalue weighted by molar-refractivity contribution is 5.92. The van der Waals surface area contributed by atoms with Gasteiger partial charge in [-0.25, -0.2) is 0 Å². The lowest BCUT2D eigenvalue weighted by Crippen LogP contribution is -2.39. The Balaban J connectivity index is 2.72. The molecular weight excluding hydrogens is 318 g/mol. The summed E-state index contributed by atoms with van der Waals surface area (Å²) >= 11 is 0. The number of amides is 1. The van der Waals surface area contributed by atoms with Gasteiger partial charge in [0, 0.05) is 31.0 Å². The molecule has 0 aliphatic rings. The van der Waals surface area contributed by atoms with Crippen LogP contribution in [0.1, 0.15) is 5.56 Å². The number of nitrogens with one attached hydrogen (secondary N) is 1. The molecule has 0 spiro atoms. The number of aryl methyl sites for hydroxylation is 1. The van der Waals surface area contributed by atoms with Crippen molar-refractivity contribution in [1.82, 2.24) is 4.90 Å². The molecule has 1 amide bonds. The number of benzene rings is 1. The molecule has 0 bridgehead atoms. The van der Waals surface area contributed by atoms with Crippen molar-refractivity contribution in [3.8, 4) is 0 Å². The first-order chi connectivity index (χ1) is 11.4. The molecule has 1 aromatic rings. The Hall–Kier alpha value is -2.52. The number of anilines is 1. The smallest absolute Gasteiger partial charge is 0.319 e. The van der Waals surface area contributed by atoms with E-state index in [1.54, 1.807) is 24.0 Å². The van der Waals surface area contributed by atoms with Gasteiger partial charge in [0.05, 0.1) is 31.7 Å². The number of esters is 1. The lowest BCUT2D eigenvalue weighted by Gasteiger charge is -2.20. The molecule has 0 unspecified atom stereocenters. The van der Waals surface area contributed by atoms with Crippen LogP contribution >= 0.6 is 0 Å². The highest BCUT2D eigenvalue weighted by Gasteiger charge is 2.16. The number of carbonyl (C=O) groups excluding carboxylic acids is 2. The first-order valence-electron chi connectivity index (χ1n) is 7.20. The molecule has 0 fully saturated rings. The minimum absolute atomic E-state index is 0.0542. The number of nitro benzene ring substituents is 1. The Morgan fingerprint density at radius 3 is 2.58 bits per heavy atom. The highest BCUT2D eigenvalue weighted by Crippen LogP contribution is 2.22. The number of hydrogen-bond donors (Lipinski definition) is 1. The van der Waals surface area contributed by atoms with Crippen LogP contribution in [0.15, 0.2) is 18.2 Å². The van der Waals surface area contributed by atoms with Crippen LogP contribution in [0.5, 0.6) is 0 Å². The van der Waals surface area contributed by atoms with Gasteiger partial charge < -0.3 is 14.8 Å². The standard InChI is InChI=1S/C15H21N3O6/c1-11-4-5-12(8-13(11)18(21)22)16-14(19)9-17(6-7-23-2)10-15(20)24-3/h4-5,8H,6-7,9-10H2,1-3H3,(H,16,19). The summed E-state index contributed by atoms with van der Waals surface area (Å²) in [5, 5.41) is 13.5. The Bertz CT molecular complexity index is 605. The molecule has 0 aliphatic heterocycles. The Kier molecular flexibility index (Phi) is 7.80. The van der Waals surface area contributed by atoms with Crippen LogP contribution in [0.2, 0.25) is 0 Å². The van der Waals surface area contributed by atoms with E-state index in [0.717, 1.165) is 0 Å². The van der Waals surface area contributed by atoms with E-state index >= 15 is 0 Å². The van der Waals surface area contributed by atoms with Crippen molar-refractivity contribution in [3.63, 3.8) is 0 Å². The Morgan fingerprint density at radius 2 is 2.00 bits per heavy atom. The molecule has 0 atom stereocenters. The summed E-state index contributed by atoms with van der Waals surface area (Å²) in [7, 11) is 2.78. The van der Waals surface area contributed by atoms with Crippen molar-refractivity contribution in [3.05, 3.63) is 33.9 Å². The zero-order valence-electron chi connectivity index (χ0n) is 13.9. The normalized spacial score (nSPS) is 10.5. The molecule has 9 nitrogen and oxygen atoms in total. The minimum atomic E-state index is -0.507. The fraction of sp³-hybridized carbons (Fsp3) is 0.467. The van der Waals surface area contributed by atoms with Crippen molar-refractivity contribution in [2.24, 2.45) is 0 Å². The number of ether oxygens (including phenoxy) is 2. The number of nitro groups is 1. The summed E-state index contributed by atoms with van der Waals surface area (Å²) in [5.41, 5.74) is 0.756. The molecule has 0 heterocycles. The van der Waals surface area contributed by atoms with Gasteiger partial charge >= 0.3 is 5.97 Å². The van der Waals surface area contributed by atoms with E-state index in [-0.39, 0.29) is 18.8 Å². The summed E-state index contributed by atoms with van der Waals surface area (Å²) in [4.78, 5) is 35.5. The Labute approximate surface area is 139 Å². The number of methoxy groups -OCH3 is 2. The van der Waals surface area contributed by atoms with E-state index in [0.29, 0.717) is 24.4 Å². The molecule has 0 saturated carbocycles. The van der Waals surface area contributed by atoms with Gasteiger partial charge in [0.25, 0.3) is 5.69 Å². The number of rotatable bonds is 9. The van der Waals surface area contributed by atoms with E-state index in [1.807, 2.05) is 0 Å². The second kappa shape index (κ2) is 9.58. The van der Waals surface area contributed by atoms with Crippen LogP contribution in [-0.2, 0) is 19.1 Å². The van der Waals surface area contributed by atoms with Gasteiger partial charge in [-0.15, -0.1) is 0 Å². The average molecular weight is 339 g/mol. The zero-order chi connectivity index (χ0) is 18.1. The summed E-state index contributed by atoms with van der Waals surface area (Å²) < 4.78 is 9.53. The second-order valence-electron chi connectivity index (χ2n) is 5.09. The third-order valence-electron chi connectivity index (χ3n) is 3.25. The molecule has 0 saturated heterocycles. The lowest BCUT2D eigenvalue weighted by molar-refractivity contribution is -0.385. The summed E-state index contributed by atoms with van der Waals surface area (Å²) in [5.74, 6) is -0.863. The van der Waals surface area contributed by atoms with Crippen LogP contribution in [0.25, 0.3) is 0 Å². The van der Waals surface area contributed by atoms with Gasteiger partial charge in [-0.3, -0.25) is 24.6 Å². The Morgan fingerprint density at radius 1 is 1.29 bits per heavy atom. The van der Waals surface area contributed by atoms with Crippen LogP contribution in [0.4, 0.5) is 11.4 Å². The van der Waals surface area contributed by atoms with Crippen molar-refractivity contribution in [1.29, 1.82) is 0 Å². The minimum Gasteiger partial charge on any atom is -0.468 e. The predicted molar refractivity (Wildman–Crippen MR) is 86.8 cm³/mol. The first-order valence-corrected chi connectivity index (χ1v) is 7.20. The fourth-order valence-corrected chi connectivity index (χ4v) is 1.97. The molecule has 24 heavy (non-hydrogen) atoms. The first kappa shape index (κ1) is 19.5. The quantitative estimate of drug-likeness (QED) is 0.405. The zero-order valence-corrected chi connectivity index (χ0v) is 13.9. The largest absolute Gasteiger partial charge is 0.468 e. The van der Waals surface area contributed by atoms with Gasteiger partial charge in [-0.2, -0.15) is 0 Å². The average Bonchev–Trinajstić information content (AvgIpc) is 2.53. The molecule has 0 aromatic heterocycles. The lowest BCUT2D eigenvalue weighted by atomic mass is 10.2. The van der Waals surface area contributed by atoms with Crippen molar-refractivity contribution in [2.45, 2.75) is 6.92 Å². The third-order valence-corrected chi connectivity index (χ3v) is 3.25. The SMILES string of the molecule is COCCN(CC(=O)Nc1ccc(C)c([N+](=O)[O-])c1)CC(=O)OC. The maximum Gasteiger partial charge on any atom is 0.319 e. The van der Waals surface area contributed by atoms with Crippen molar-refractivity contribution in [2.75, 3.05) is 45.8 Å². The number of carbonyl (C=O) groups is 2. The van der Waals surface area contributed by atoms with Crippen LogP contribution < -0.4 is 5.32 Å². The summed E-state index contributed by atoms with van der Waals surface area (Å²) in [6.45, 7) is 2.21. The van der Waals surface area contributed by atoms with Gasteiger partial charge in [-0.05, 0) is 13.0 Å². The maximum absolute atomic E-state index is 12.1. The second-order valence-corrected chi connectivity index (χ2v) is 5.09. The van der Waals surface area contributed by atoms with Gasteiger partial charge in [0.2, 0.25) is 5.91 Å². The summed E-state index contributed by atoms with van der Waals surface area (Å²) in [6.07, 6.45) is 0. The molecule has 132 valence electrons. The number of nitrogens with zero attached hydrogens (tertiary/aromatic N) is 2. The van der Waals surface area contributed by atoms with Crippen molar-refractivity contribution < 1.29 is 24.0 Å².